The summed E-state index contributed by atoms with van der Waals surface area (Å²) in [4.78, 5) is 28.7. The smallest absolute Gasteiger partial charge is 0.252 e. The van der Waals surface area contributed by atoms with Crippen molar-refractivity contribution in [2.45, 2.75) is 49.8 Å². The number of ether oxygens (including phenoxy) is 2. The minimum atomic E-state index is -0.192. The van der Waals surface area contributed by atoms with E-state index in [0.717, 1.165) is 47.9 Å². The Bertz CT molecular complexity index is 1020. The maximum Gasteiger partial charge on any atom is 0.252 e. The third-order valence-electron chi connectivity index (χ3n) is 5.99. The van der Waals surface area contributed by atoms with Gasteiger partial charge in [-0.15, -0.1) is 0 Å². The molecule has 0 spiro atoms. The van der Waals surface area contributed by atoms with Crippen LogP contribution in [0.1, 0.15) is 49.0 Å². The van der Waals surface area contributed by atoms with Crippen LogP contribution >= 0.6 is 11.8 Å². The Hall–Kier alpha value is -2.71. The van der Waals surface area contributed by atoms with E-state index >= 15 is 0 Å². The number of carbonyl (C=O) groups is 2. The van der Waals surface area contributed by atoms with Gasteiger partial charge in [0, 0.05) is 17.0 Å². The van der Waals surface area contributed by atoms with Crippen LogP contribution in [0.25, 0.3) is 0 Å². The Balaban J connectivity index is 1.34. The van der Waals surface area contributed by atoms with Gasteiger partial charge >= 0.3 is 0 Å². The number of thioether (sulfide) groups is 1. The molecule has 7 nitrogen and oxygen atoms in total. The number of amides is 2. The third kappa shape index (κ3) is 5.85. The number of likely N-dealkylation sites (tertiary alicyclic amines) is 1. The van der Waals surface area contributed by atoms with Crippen LogP contribution in [0.15, 0.2) is 41.3 Å². The molecule has 0 aromatic heterocycles. The first-order valence-corrected chi connectivity index (χ1v) is 13.0. The quantitative estimate of drug-likeness (QED) is 0.553. The number of benzene rings is 2. The lowest BCUT2D eigenvalue weighted by molar-refractivity contribution is -0.118. The number of anilines is 1. The second kappa shape index (κ2) is 11.6. The summed E-state index contributed by atoms with van der Waals surface area (Å²) in [5, 5.41) is 5.80. The molecule has 182 valence electrons. The zero-order valence-electron chi connectivity index (χ0n) is 19.9. The van der Waals surface area contributed by atoms with E-state index in [2.05, 4.69) is 15.5 Å². The molecular formula is C26H33N3O4S. The molecule has 1 atom stereocenters. The van der Waals surface area contributed by atoms with Crippen LogP contribution in [0, 0.1) is 0 Å². The van der Waals surface area contributed by atoms with Gasteiger partial charge in [-0.2, -0.15) is 0 Å². The van der Waals surface area contributed by atoms with Crippen molar-refractivity contribution in [3.63, 3.8) is 0 Å². The molecule has 1 saturated heterocycles. The van der Waals surface area contributed by atoms with E-state index < -0.39 is 0 Å². The van der Waals surface area contributed by atoms with Gasteiger partial charge in [-0.3, -0.25) is 14.5 Å². The molecule has 4 rings (SSSR count). The highest BCUT2D eigenvalue weighted by Crippen LogP contribution is 2.38. The largest absolute Gasteiger partial charge is 0.490 e. The second-order valence-corrected chi connectivity index (χ2v) is 9.54. The zero-order valence-corrected chi connectivity index (χ0v) is 20.7. The molecule has 2 heterocycles. The molecule has 34 heavy (non-hydrogen) atoms. The number of hydrogen-bond donors (Lipinski definition) is 2. The fraction of sp³-hybridized carbons (Fsp3) is 0.462. The normalized spacial score (nSPS) is 18.1. The second-order valence-electron chi connectivity index (χ2n) is 8.42. The molecular weight excluding hydrogens is 450 g/mol. The van der Waals surface area contributed by atoms with Crippen LogP contribution in [-0.4, -0.2) is 54.9 Å². The number of rotatable bonds is 9. The Morgan fingerprint density at radius 2 is 1.82 bits per heavy atom. The lowest BCUT2D eigenvalue weighted by Gasteiger charge is -2.35. The van der Waals surface area contributed by atoms with Gasteiger partial charge in [0.15, 0.2) is 11.5 Å². The summed E-state index contributed by atoms with van der Waals surface area (Å²) in [6, 6.07) is 11.4. The zero-order chi connectivity index (χ0) is 23.9. The Morgan fingerprint density at radius 1 is 1.06 bits per heavy atom. The van der Waals surface area contributed by atoms with Gasteiger partial charge in [-0.25, -0.2) is 0 Å². The van der Waals surface area contributed by atoms with Gasteiger partial charge in [0.2, 0.25) is 0 Å². The lowest BCUT2D eigenvalue weighted by atomic mass is 10.1. The van der Waals surface area contributed by atoms with Crippen molar-refractivity contribution in [1.82, 2.24) is 10.2 Å². The first-order valence-electron chi connectivity index (χ1n) is 12.1. The first kappa shape index (κ1) is 24.4. The van der Waals surface area contributed by atoms with Crippen LogP contribution in [0.3, 0.4) is 0 Å². The molecule has 0 aliphatic carbocycles. The van der Waals surface area contributed by atoms with Gasteiger partial charge in [-0.1, -0.05) is 24.2 Å². The van der Waals surface area contributed by atoms with Gasteiger partial charge in [0.05, 0.1) is 18.9 Å². The van der Waals surface area contributed by atoms with E-state index in [4.69, 9.17) is 9.47 Å². The molecule has 0 saturated carbocycles. The molecule has 0 bridgehead atoms. The van der Waals surface area contributed by atoms with Crippen LogP contribution in [0.2, 0.25) is 0 Å². The summed E-state index contributed by atoms with van der Waals surface area (Å²) in [6.07, 6.45) is 4.18. The highest BCUT2D eigenvalue weighted by molar-refractivity contribution is 8.00. The summed E-state index contributed by atoms with van der Waals surface area (Å²) < 4.78 is 11.3. The van der Waals surface area contributed by atoms with Crippen molar-refractivity contribution in [3.05, 3.63) is 47.5 Å². The van der Waals surface area contributed by atoms with Gasteiger partial charge in [0.25, 0.3) is 11.8 Å². The van der Waals surface area contributed by atoms with Crippen molar-refractivity contribution in [2.75, 3.05) is 38.2 Å². The predicted molar refractivity (Wildman–Crippen MR) is 135 cm³/mol. The van der Waals surface area contributed by atoms with Gasteiger partial charge in [-0.05, 0) is 82.1 Å². The van der Waals surface area contributed by atoms with Gasteiger partial charge in [0.1, 0.15) is 5.37 Å². The summed E-state index contributed by atoms with van der Waals surface area (Å²) in [6.45, 7) is 7.43. The number of carbonyl (C=O) groups excluding carboxylic acids is 2. The lowest BCUT2D eigenvalue weighted by Crippen LogP contribution is -2.46. The highest BCUT2D eigenvalue weighted by atomic mass is 32.2. The maximum atomic E-state index is 12.7. The summed E-state index contributed by atoms with van der Waals surface area (Å²) in [5.74, 6) is 1.29. The molecule has 0 radical (unpaired) electrons. The Morgan fingerprint density at radius 3 is 2.59 bits per heavy atom. The Kier molecular flexibility index (Phi) is 8.34. The molecule has 2 aromatic carbocycles. The van der Waals surface area contributed by atoms with E-state index in [-0.39, 0.29) is 17.2 Å². The van der Waals surface area contributed by atoms with E-state index in [0.29, 0.717) is 37.4 Å². The average Bonchev–Trinajstić information content (AvgIpc) is 2.85. The van der Waals surface area contributed by atoms with Crippen LogP contribution in [0.4, 0.5) is 5.69 Å². The molecule has 1 fully saturated rings. The molecule has 2 aliphatic rings. The number of nitrogens with one attached hydrogen (secondary N) is 2. The van der Waals surface area contributed by atoms with Gasteiger partial charge < -0.3 is 20.1 Å². The summed E-state index contributed by atoms with van der Waals surface area (Å²) in [7, 11) is 0. The predicted octanol–water partition coefficient (Wildman–Crippen LogP) is 4.31. The average molecular weight is 484 g/mol. The van der Waals surface area contributed by atoms with Crippen molar-refractivity contribution >= 4 is 29.3 Å². The monoisotopic (exact) mass is 483 g/mol. The van der Waals surface area contributed by atoms with Crippen LogP contribution in [-0.2, 0) is 11.2 Å². The van der Waals surface area contributed by atoms with Crippen molar-refractivity contribution in [2.24, 2.45) is 0 Å². The van der Waals surface area contributed by atoms with E-state index in [9.17, 15) is 9.59 Å². The summed E-state index contributed by atoms with van der Waals surface area (Å²) >= 11 is 1.58. The first-order chi connectivity index (χ1) is 16.6. The standard InChI is InChI=1S/C26H33N3O4S/c1-3-32-21-10-8-18(16-22(21)33-4-2)12-13-27-24(30)19-9-11-23-20(17-19)28-25(31)26(34-23)29-14-6-5-7-15-29/h8-11,16-17,26H,3-7,12-15H2,1-2H3,(H,27,30)(H,28,31). The Labute approximate surface area is 205 Å². The highest BCUT2D eigenvalue weighted by Gasteiger charge is 2.33. The third-order valence-corrected chi connectivity index (χ3v) is 7.34. The van der Waals surface area contributed by atoms with Crippen LogP contribution < -0.4 is 20.1 Å². The summed E-state index contributed by atoms with van der Waals surface area (Å²) in [5.41, 5.74) is 2.31. The van der Waals surface area contributed by atoms with Crippen molar-refractivity contribution in [1.29, 1.82) is 0 Å². The molecule has 8 heteroatoms. The van der Waals surface area contributed by atoms with E-state index in [1.165, 1.54) is 6.42 Å². The molecule has 2 aromatic rings. The number of fused-ring (bicyclic) bond motifs is 1. The number of hydrogen-bond acceptors (Lipinski definition) is 6. The SMILES string of the molecule is CCOc1ccc(CCNC(=O)c2ccc3c(c2)NC(=O)C(N2CCCCC2)S3)cc1OCC. The molecule has 2 aliphatic heterocycles. The van der Waals surface area contributed by atoms with Crippen molar-refractivity contribution in [3.8, 4) is 11.5 Å². The van der Waals surface area contributed by atoms with Crippen LogP contribution in [0.5, 0.6) is 11.5 Å². The minimum absolute atomic E-state index is 0.00226. The molecule has 1 unspecified atom stereocenters. The fourth-order valence-corrected chi connectivity index (χ4v) is 5.46. The van der Waals surface area contributed by atoms with Crippen molar-refractivity contribution < 1.29 is 19.1 Å². The fourth-order valence-electron chi connectivity index (χ4n) is 4.31. The van der Waals surface area contributed by atoms with E-state index in [1.54, 1.807) is 17.8 Å². The molecule has 2 N–H and O–H groups in total. The topological polar surface area (TPSA) is 79.9 Å². The number of nitrogens with zero attached hydrogens (tertiary/aromatic N) is 1. The minimum Gasteiger partial charge on any atom is -0.490 e. The number of piperidine rings is 1. The van der Waals surface area contributed by atoms with E-state index in [1.807, 2.05) is 44.2 Å². The maximum absolute atomic E-state index is 12.7. The molecule has 2 amide bonds.